The minimum atomic E-state index is -0.00223. The van der Waals surface area contributed by atoms with Crippen LogP contribution in [0.4, 0.5) is 0 Å². The molecule has 0 unspecified atom stereocenters. The zero-order valence-corrected chi connectivity index (χ0v) is 12.8. The predicted octanol–water partition coefficient (Wildman–Crippen LogP) is 1.66. The van der Waals surface area contributed by atoms with Crippen LogP contribution in [0.3, 0.4) is 0 Å². The highest BCUT2D eigenvalue weighted by molar-refractivity contribution is 7.17. The van der Waals surface area contributed by atoms with E-state index < -0.39 is 0 Å². The first-order valence-corrected chi connectivity index (χ1v) is 7.50. The highest BCUT2D eigenvalue weighted by Crippen LogP contribution is 2.19. The number of imidazole rings is 1. The summed E-state index contributed by atoms with van der Waals surface area (Å²) in [7, 11) is 1.66. The number of aromatic nitrogens is 4. The smallest absolute Gasteiger partial charge is 0.271 e. The second-order valence-electron chi connectivity index (χ2n) is 4.85. The van der Waals surface area contributed by atoms with Gasteiger partial charge in [-0.3, -0.25) is 9.36 Å². The van der Waals surface area contributed by atoms with Crippen LogP contribution in [0.2, 0.25) is 0 Å². The summed E-state index contributed by atoms with van der Waals surface area (Å²) in [4.78, 5) is 21.0. The van der Waals surface area contributed by atoms with Gasteiger partial charge in [-0.25, -0.2) is 9.97 Å². The molecule has 110 valence electrons. The van der Waals surface area contributed by atoms with Crippen molar-refractivity contribution in [1.82, 2.24) is 19.1 Å². The quantitative estimate of drug-likeness (QED) is 0.719. The molecule has 0 aliphatic heterocycles. The monoisotopic (exact) mass is 304 g/mol. The summed E-state index contributed by atoms with van der Waals surface area (Å²) >= 11 is 1.45. The van der Waals surface area contributed by atoms with E-state index in [1.807, 2.05) is 16.9 Å². The summed E-state index contributed by atoms with van der Waals surface area (Å²) in [5.74, 6) is 0. The predicted molar refractivity (Wildman–Crippen MR) is 81.8 cm³/mol. The normalized spacial score (nSPS) is 11.3. The van der Waals surface area contributed by atoms with Crippen molar-refractivity contribution in [2.75, 3.05) is 13.7 Å². The van der Waals surface area contributed by atoms with Crippen LogP contribution in [-0.4, -0.2) is 32.8 Å². The van der Waals surface area contributed by atoms with E-state index in [1.54, 1.807) is 30.5 Å². The van der Waals surface area contributed by atoms with Gasteiger partial charge in [-0.05, 0) is 17.9 Å². The van der Waals surface area contributed by atoms with E-state index in [-0.39, 0.29) is 5.56 Å². The number of hydrogen-bond donors (Lipinski definition) is 0. The third kappa shape index (κ3) is 2.62. The number of ether oxygens (including phenoxy) is 1. The molecule has 0 spiro atoms. The Morgan fingerprint density at radius 3 is 3.00 bits per heavy atom. The Labute approximate surface area is 125 Å². The van der Waals surface area contributed by atoms with Gasteiger partial charge in [0.25, 0.3) is 5.56 Å². The molecule has 0 bridgehead atoms. The molecule has 3 aromatic rings. The van der Waals surface area contributed by atoms with Crippen molar-refractivity contribution < 1.29 is 4.74 Å². The Bertz CT molecular complexity index is 818. The Hall–Kier alpha value is -1.99. The van der Waals surface area contributed by atoms with Gasteiger partial charge in [0.05, 0.1) is 37.0 Å². The van der Waals surface area contributed by atoms with Crippen LogP contribution in [-0.2, 0) is 17.8 Å². The van der Waals surface area contributed by atoms with Gasteiger partial charge in [0.1, 0.15) is 4.70 Å². The molecule has 0 aliphatic rings. The van der Waals surface area contributed by atoms with Crippen LogP contribution in [0.15, 0.2) is 29.0 Å². The molecule has 0 N–H and O–H groups in total. The van der Waals surface area contributed by atoms with E-state index in [2.05, 4.69) is 9.97 Å². The summed E-state index contributed by atoms with van der Waals surface area (Å²) in [6.07, 6.45) is 5.13. The molecule has 21 heavy (non-hydrogen) atoms. The summed E-state index contributed by atoms with van der Waals surface area (Å²) in [6, 6.07) is 0. The zero-order valence-electron chi connectivity index (χ0n) is 11.9. The highest BCUT2D eigenvalue weighted by atomic mass is 32.1. The lowest BCUT2D eigenvalue weighted by atomic mass is 10.3. The van der Waals surface area contributed by atoms with Crippen molar-refractivity contribution in [1.29, 1.82) is 0 Å². The van der Waals surface area contributed by atoms with Crippen molar-refractivity contribution in [2.24, 2.45) is 0 Å². The first-order valence-electron chi connectivity index (χ1n) is 6.62. The average molecular weight is 304 g/mol. The molecular weight excluding hydrogens is 288 g/mol. The lowest BCUT2D eigenvalue weighted by Crippen LogP contribution is -2.22. The molecular formula is C14H16N4O2S. The first kappa shape index (κ1) is 14.0. The van der Waals surface area contributed by atoms with E-state index in [0.29, 0.717) is 24.4 Å². The molecule has 7 heteroatoms. The number of aryl methyl sites for hydroxylation is 1. The standard InChI is InChI=1S/C14H16N4O2S/c1-10-7-21-13-12(10)16-9-18(14(13)19)6-11-5-15-8-17(11)3-4-20-2/h5,7-9H,3-4,6H2,1-2H3. The van der Waals surface area contributed by atoms with Gasteiger partial charge in [-0.2, -0.15) is 0 Å². The Kier molecular flexibility index (Phi) is 3.85. The van der Waals surface area contributed by atoms with Crippen molar-refractivity contribution in [2.45, 2.75) is 20.0 Å². The average Bonchev–Trinajstić information content (AvgIpc) is 3.07. The van der Waals surface area contributed by atoms with E-state index in [0.717, 1.165) is 16.8 Å². The number of hydrogen-bond acceptors (Lipinski definition) is 5. The maximum absolute atomic E-state index is 12.5. The topological polar surface area (TPSA) is 61.9 Å². The molecule has 3 heterocycles. The molecule has 0 saturated carbocycles. The van der Waals surface area contributed by atoms with Gasteiger partial charge >= 0.3 is 0 Å². The third-order valence-corrected chi connectivity index (χ3v) is 4.47. The van der Waals surface area contributed by atoms with Crippen molar-refractivity contribution >= 4 is 21.6 Å². The van der Waals surface area contributed by atoms with Crippen molar-refractivity contribution in [3.05, 3.63) is 45.8 Å². The van der Waals surface area contributed by atoms with Crippen LogP contribution in [0, 0.1) is 6.92 Å². The molecule has 0 radical (unpaired) electrons. The van der Waals surface area contributed by atoms with E-state index in [9.17, 15) is 4.79 Å². The summed E-state index contributed by atoms with van der Waals surface area (Å²) in [5.41, 5.74) is 2.81. The van der Waals surface area contributed by atoms with Crippen LogP contribution >= 0.6 is 11.3 Å². The molecule has 0 aromatic carbocycles. The number of methoxy groups -OCH3 is 1. The summed E-state index contributed by atoms with van der Waals surface area (Å²) in [6.45, 7) is 3.76. The van der Waals surface area contributed by atoms with E-state index >= 15 is 0 Å². The lowest BCUT2D eigenvalue weighted by Gasteiger charge is -2.09. The Balaban J connectivity index is 1.93. The minimum Gasteiger partial charge on any atom is -0.383 e. The fourth-order valence-electron chi connectivity index (χ4n) is 2.22. The van der Waals surface area contributed by atoms with Gasteiger partial charge in [0.2, 0.25) is 0 Å². The second kappa shape index (κ2) is 5.79. The molecule has 0 amide bonds. The number of fused-ring (bicyclic) bond motifs is 1. The molecule has 0 aliphatic carbocycles. The van der Waals surface area contributed by atoms with Crippen LogP contribution in [0.25, 0.3) is 10.2 Å². The van der Waals surface area contributed by atoms with Gasteiger partial charge in [-0.1, -0.05) is 0 Å². The lowest BCUT2D eigenvalue weighted by molar-refractivity contribution is 0.186. The van der Waals surface area contributed by atoms with E-state index in [4.69, 9.17) is 4.74 Å². The Morgan fingerprint density at radius 1 is 1.33 bits per heavy atom. The van der Waals surface area contributed by atoms with Gasteiger partial charge in [-0.15, -0.1) is 11.3 Å². The van der Waals surface area contributed by atoms with Gasteiger partial charge in [0, 0.05) is 19.9 Å². The number of thiophene rings is 1. The first-order chi connectivity index (χ1) is 10.2. The Morgan fingerprint density at radius 2 is 2.19 bits per heavy atom. The maximum atomic E-state index is 12.5. The number of nitrogens with zero attached hydrogens (tertiary/aromatic N) is 4. The SMILES string of the molecule is COCCn1cncc1Cn1cnc2c(C)csc2c1=O. The molecule has 3 rings (SSSR count). The molecule has 0 atom stereocenters. The fraction of sp³-hybridized carbons (Fsp3) is 0.357. The summed E-state index contributed by atoms with van der Waals surface area (Å²) < 4.78 is 9.39. The van der Waals surface area contributed by atoms with Crippen LogP contribution < -0.4 is 5.56 Å². The van der Waals surface area contributed by atoms with Crippen LogP contribution in [0.1, 0.15) is 11.3 Å². The van der Waals surface area contributed by atoms with E-state index in [1.165, 1.54) is 11.3 Å². The highest BCUT2D eigenvalue weighted by Gasteiger charge is 2.10. The second-order valence-corrected chi connectivity index (χ2v) is 5.72. The molecule has 0 saturated heterocycles. The molecule has 3 aromatic heterocycles. The zero-order chi connectivity index (χ0) is 14.8. The van der Waals surface area contributed by atoms with Crippen molar-refractivity contribution in [3.63, 3.8) is 0 Å². The maximum Gasteiger partial charge on any atom is 0.271 e. The molecule has 6 nitrogen and oxygen atoms in total. The fourth-order valence-corrected chi connectivity index (χ4v) is 3.17. The van der Waals surface area contributed by atoms with Crippen molar-refractivity contribution in [3.8, 4) is 0 Å². The minimum absolute atomic E-state index is 0.00223. The van der Waals surface area contributed by atoms with Gasteiger partial charge in [0.15, 0.2) is 0 Å². The van der Waals surface area contributed by atoms with Gasteiger partial charge < -0.3 is 9.30 Å². The summed E-state index contributed by atoms with van der Waals surface area (Å²) in [5, 5.41) is 1.96. The van der Waals surface area contributed by atoms with Crippen LogP contribution in [0.5, 0.6) is 0 Å². The molecule has 0 fully saturated rings. The third-order valence-electron chi connectivity index (χ3n) is 3.39. The number of rotatable bonds is 5. The largest absolute Gasteiger partial charge is 0.383 e.